The van der Waals surface area contributed by atoms with Gasteiger partial charge in [0.25, 0.3) is 0 Å². The average Bonchev–Trinajstić information content (AvgIpc) is 2.70. The van der Waals surface area contributed by atoms with Gasteiger partial charge in [-0.25, -0.2) is 0 Å². The number of nitrogens with zero attached hydrogens (tertiary/aromatic N) is 3. The van der Waals surface area contributed by atoms with Crippen LogP contribution >= 0.6 is 0 Å². The molecular formula is C21H25N3O2. The Hall–Kier alpha value is -2.66. The zero-order chi connectivity index (χ0) is 18.4. The first-order valence-electron chi connectivity index (χ1n) is 9.11. The van der Waals surface area contributed by atoms with Crippen LogP contribution < -0.4 is 4.90 Å². The number of likely N-dealkylation sites (N-methyl/N-ethyl adjacent to an activating group) is 1. The van der Waals surface area contributed by atoms with Gasteiger partial charge in [0, 0.05) is 45.0 Å². The molecule has 1 heterocycles. The molecular weight excluding hydrogens is 326 g/mol. The van der Waals surface area contributed by atoms with Gasteiger partial charge in [0.2, 0.25) is 0 Å². The van der Waals surface area contributed by atoms with Crippen LogP contribution in [-0.2, 0) is 16.1 Å². The highest BCUT2D eigenvalue weighted by molar-refractivity contribution is 6.40. The number of hydrogen-bond donors (Lipinski definition) is 0. The molecule has 0 N–H and O–H groups in total. The zero-order valence-electron chi connectivity index (χ0n) is 15.2. The lowest BCUT2D eigenvalue weighted by atomic mass is 10.2. The van der Waals surface area contributed by atoms with Crippen LogP contribution in [-0.4, -0.2) is 54.3 Å². The summed E-state index contributed by atoms with van der Waals surface area (Å²) in [5, 5.41) is 0. The molecule has 3 rings (SSSR count). The standard InChI is InChI=1S/C21H25N3O2/c1-2-24(19-11-7-4-8-12-19)21(26)20(25)23-15-13-22(14-16-23)17-18-9-5-3-6-10-18/h3-12H,2,13-17H2,1H3. The largest absolute Gasteiger partial charge is 0.332 e. The maximum Gasteiger partial charge on any atom is 0.316 e. The van der Waals surface area contributed by atoms with Gasteiger partial charge in [-0.15, -0.1) is 0 Å². The molecule has 0 spiro atoms. The van der Waals surface area contributed by atoms with Crippen LogP contribution in [0.2, 0.25) is 0 Å². The smallest absolute Gasteiger partial charge is 0.316 e. The lowest BCUT2D eigenvalue weighted by Crippen LogP contribution is -2.53. The van der Waals surface area contributed by atoms with E-state index < -0.39 is 11.8 Å². The molecule has 0 radical (unpaired) electrons. The third kappa shape index (κ3) is 4.29. The number of carbonyl (C=O) groups excluding carboxylic acids is 2. The van der Waals surface area contributed by atoms with Gasteiger partial charge in [-0.05, 0) is 24.6 Å². The molecule has 1 fully saturated rings. The number of anilines is 1. The Bertz CT molecular complexity index is 725. The van der Waals surface area contributed by atoms with E-state index >= 15 is 0 Å². The molecule has 0 aromatic heterocycles. The SMILES string of the molecule is CCN(C(=O)C(=O)N1CCN(Cc2ccccc2)CC1)c1ccccc1. The predicted octanol–water partition coefficient (Wildman–Crippen LogP) is 2.38. The summed E-state index contributed by atoms with van der Waals surface area (Å²) in [5.41, 5.74) is 2.03. The third-order valence-electron chi connectivity index (χ3n) is 4.72. The van der Waals surface area contributed by atoms with E-state index in [2.05, 4.69) is 17.0 Å². The molecule has 0 saturated carbocycles. The molecule has 1 aliphatic heterocycles. The lowest BCUT2D eigenvalue weighted by molar-refractivity contribution is -0.145. The molecule has 2 aromatic carbocycles. The summed E-state index contributed by atoms with van der Waals surface area (Å²) in [6.45, 7) is 5.98. The van der Waals surface area contributed by atoms with E-state index in [1.807, 2.05) is 55.5 Å². The van der Waals surface area contributed by atoms with Crippen molar-refractivity contribution in [1.29, 1.82) is 0 Å². The van der Waals surface area contributed by atoms with Gasteiger partial charge in [-0.3, -0.25) is 14.5 Å². The highest BCUT2D eigenvalue weighted by Crippen LogP contribution is 2.15. The van der Waals surface area contributed by atoms with Crippen LogP contribution in [0.5, 0.6) is 0 Å². The summed E-state index contributed by atoms with van der Waals surface area (Å²) >= 11 is 0. The molecule has 1 saturated heterocycles. The van der Waals surface area contributed by atoms with Crippen molar-refractivity contribution in [3.05, 3.63) is 66.2 Å². The monoisotopic (exact) mass is 351 g/mol. The fourth-order valence-corrected chi connectivity index (χ4v) is 3.25. The zero-order valence-corrected chi connectivity index (χ0v) is 15.2. The number of para-hydroxylation sites is 1. The molecule has 2 amide bonds. The first kappa shape index (κ1) is 18.1. The molecule has 0 unspecified atom stereocenters. The van der Waals surface area contributed by atoms with Gasteiger partial charge in [0.1, 0.15) is 0 Å². The molecule has 0 atom stereocenters. The van der Waals surface area contributed by atoms with E-state index in [4.69, 9.17) is 0 Å². The molecule has 2 aromatic rings. The first-order chi connectivity index (χ1) is 12.7. The Balaban J connectivity index is 1.56. The molecule has 26 heavy (non-hydrogen) atoms. The van der Waals surface area contributed by atoms with Gasteiger partial charge >= 0.3 is 11.8 Å². The van der Waals surface area contributed by atoms with Crippen molar-refractivity contribution in [2.45, 2.75) is 13.5 Å². The highest BCUT2D eigenvalue weighted by Gasteiger charge is 2.29. The third-order valence-corrected chi connectivity index (χ3v) is 4.72. The van der Waals surface area contributed by atoms with Gasteiger partial charge in [-0.1, -0.05) is 48.5 Å². The molecule has 0 bridgehead atoms. The van der Waals surface area contributed by atoms with E-state index in [-0.39, 0.29) is 0 Å². The average molecular weight is 351 g/mol. The van der Waals surface area contributed by atoms with E-state index in [0.717, 1.165) is 25.3 Å². The minimum atomic E-state index is -0.449. The Morgan fingerprint density at radius 2 is 1.46 bits per heavy atom. The minimum absolute atomic E-state index is 0.407. The normalized spacial score (nSPS) is 14.9. The second-order valence-electron chi connectivity index (χ2n) is 6.44. The fraction of sp³-hybridized carbons (Fsp3) is 0.333. The van der Waals surface area contributed by atoms with Gasteiger partial charge in [-0.2, -0.15) is 0 Å². The van der Waals surface area contributed by atoms with Gasteiger partial charge in [0.05, 0.1) is 0 Å². The molecule has 136 valence electrons. The van der Waals surface area contributed by atoms with Crippen molar-refractivity contribution < 1.29 is 9.59 Å². The summed E-state index contributed by atoms with van der Waals surface area (Å²) in [6.07, 6.45) is 0. The van der Waals surface area contributed by atoms with Crippen LogP contribution in [0.1, 0.15) is 12.5 Å². The number of benzene rings is 2. The van der Waals surface area contributed by atoms with Crippen molar-refractivity contribution in [2.24, 2.45) is 0 Å². The van der Waals surface area contributed by atoms with E-state index in [1.165, 1.54) is 5.56 Å². The quantitative estimate of drug-likeness (QED) is 0.795. The molecule has 5 nitrogen and oxygen atoms in total. The van der Waals surface area contributed by atoms with Crippen molar-refractivity contribution in [1.82, 2.24) is 9.80 Å². The number of carbonyl (C=O) groups is 2. The van der Waals surface area contributed by atoms with Gasteiger partial charge < -0.3 is 9.80 Å². The summed E-state index contributed by atoms with van der Waals surface area (Å²) < 4.78 is 0. The number of piperazine rings is 1. The predicted molar refractivity (Wildman–Crippen MR) is 103 cm³/mol. The summed E-state index contributed by atoms with van der Waals surface area (Å²) in [4.78, 5) is 30.9. The molecule has 5 heteroatoms. The van der Waals surface area contributed by atoms with Crippen LogP contribution in [0.25, 0.3) is 0 Å². The van der Waals surface area contributed by atoms with Crippen LogP contribution in [0.15, 0.2) is 60.7 Å². The van der Waals surface area contributed by atoms with Crippen molar-refractivity contribution in [2.75, 3.05) is 37.6 Å². The summed E-state index contributed by atoms with van der Waals surface area (Å²) in [6, 6.07) is 19.7. The van der Waals surface area contributed by atoms with Gasteiger partial charge in [0.15, 0.2) is 0 Å². The molecule has 1 aliphatic rings. The van der Waals surface area contributed by atoms with Crippen molar-refractivity contribution >= 4 is 17.5 Å². The van der Waals surface area contributed by atoms with Crippen molar-refractivity contribution in [3.8, 4) is 0 Å². The maximum atomic E-state index is 12.7. The highest BCUT2D eigenvalue weighted by atomic mass is 16.2. The van der Waals surface area contributed by atoms with Crippen LogP contribution in [0.4, 0.5) is 5.69 Å². The van der Waals surface area contributed by atoms with E-state index in [0.29, 0.717) is 19.6 Å². The Kier molecular flexibility index (Phi) is 6.02. The summed E-state index contributed by atoms with van der Waals surface area (Å²) in [7, 11) is 0. The lowest BCUT2D eigenvalue weighted by Gasteiger charge is -2.35. The van der Waals surface area contributed by atoms with Crippen LogP contribution in [0.3, 0.4) is 0 Å². The second-order valence-corrected chi connectivity index (χ2v) is 6.44. The Labute approximate surface area is 154 Å². The Morgan fingerprint density at radius 1 is 0.885 bits per heavy atom. The van der Waals surface area contributed by atoms with Crippen molar-refractivity contribution in [3.63, 3.8) is 0 Å². The first-order valence-corrected chi connectivity index (χ1v) is 9.11. The fourth-order valence-electron chi connectivity index (χ4n) is 3.25. The van der Waals surface area contributed by atoms with E-state index in [1.54, 1.807) is 9.80 Å². The number of amides is 2. The van der Waals surface area contributed by atoms with Crippen LogP contribution in [0, 0.1) is 0 Å². The minimum Gasteiger partial charge on any atom is -0.332 e. The maximum absolute atomic E-state index is 12.7. The number of rotatable bonds is 4. The second kappa shape index (κ2) is 8.63. The number of hydrogen-bond acceptors (Lipinski definition) is 3. The summed E-state index contributed by atoms with van der Waals surface area (Å²) in [5.74, 6) is -0.856. The Morgan fingerprint density at radius 3 is 2.04 bits per heavy atom. The van der Waals surface area contributed by atoms with E-state index in [9.17, 15) is 9.59 Å². The molecule has 0 aliphatic carbocycles. The topological polar surface area (TPSA) is 43.9 Å².